The van der Waals surface area contributed by atoms with E-state index in [-0.39, 0.29) is 31.8 Å². The first-order valence-corrected chi connectivity index (χ1v) is 7.76. The Bertz CT molecular complexity index is 761. The van der Waals surface area contributed by atoms with Crippen molar-refractivity contribution >= 4 is 11.9 Å². The summed E-state index contributed by atoms with van der Waals surface area (Å²) in [6, 6.07) is 3.37. The number of rotatable bonds is 8. The average Bonchev–Trinajstić information content (AvgIpc) is 2.97. The Balaban J connectivity index is 2.03. The lowest BCUT2D eigenvalue weighted by Gasteiger charge is -2.22. The van der Waals surface area contributed by atoms with Crippen LogP contribution in [-0.4, -0.2) is 38.2 Å². The number of nitrogens with zero attached hydrogens (tertiary/aromatic N) is 3. The standard InChI is InChI=1S/C17H19F2N3O3/c1-21-10-13(9-20-21)3-5-16(23)22(7-6-17(24)25)11-12-2-4-14(18)15(19)8-12/h2,4,8-10H,3,5-7,11H2,1H3,(H,24,25). The normalized spacial score (nSPS) is 10.7. The van der Waals surface area contributed by atoms with Crippen LogP contribution in [0.2, 0.25) is 0 Å². The van der Waals surface area contributed by atoms with Gasteiger partial charge in [0, 0.05) is 32.8 Å². The molecule has 25 heavy (non-hydrogen) atoms. The molecule has 2 aromatic rings. The zero-order valence-corrected chi connectivity index (χ0v) is 13.8. The fourth-order valence-electron chi connectivity index (χ4n) is 2.39. The van der Waals surface area contributed by atoms with E-state index in [4.69, 9.17) is 5.11 Å². The molecule has 1 heterocycles. The van der Waals surface area contributed by atoms with Gasteiger partial charge in [-0.15, -0.1) is 0 Å². The molecule has 0 atom stereocenters. The summed E-state index contributed by atoms with van der Waals surface area (Å²) in [5, 5.41) is 12.9. The molecular formula is C17H19F2N3O3. The van der Waals surface area contributed by atoms with Crippen molar-refractivity contribution in [3.63, 3.8) is 0 Å². The maximum Gasteiger partial charge on any atom is 0.305 e. The lowest BCUT2D eigenvalue weighted by Crippen LogP contribution is -2.32. The van der Waals surface area contributed by atoms with Crippen molar-refractivity contribution in [1.82, 2.24) is 14.7 Å². The van der Waals surface area contributed by atoms with Gasteiger partial charge in [-0.3, -0.25) is 14.3 Å². The molecular weight excluding hydrogens is 332 g/mol. The number of carboxylic acid groups (broad SMARTS) is 1. The van der Waals surface area contributed by atoms with Crippen molar-refractivity contribution in [2.75, 3.05) is 6.54 Å². The van der Waals surface area contributed by atoms with Gasteiger partial charge in [-0.25, -0.2) is 8.78 Å². The first-order chi connectivity index (χ1) is 11.8. The molecule has 6 nitrogen and oxygen atoms in total. The second kappa shape index (κ2) is 8.36. The molecule has 1 N–H and O–H groups in total. The van der Waals surface area contributed by atoms with Crippen molar-refractivity contribution in [3.8, 4) is 0 Å². The number of aromatic nitrogens is 2. The Morgan fingerprint density at radius 1 is 1.20 bits per heavy atom. The second-order valence-corrected chi connectivity index (χ2v) is 5.73. The average molecular weight is 351 g/mol. The number of carbonyl (C=O) groups excluding carboxylic acids is 1. The van der Waals surface area contributed by atoms with Crippen LogP contribution in [0.5, 0.6) is 0 Å². The molecule has 0 aliphatic rings. The maximum atomic E-state index is 13.3. The number of halogens is 2. The molecule has 0 aliphatic heterocycles. The maximum absolute atomic E-state index is 13.3. The van der Waals surface area contributed by atoms with E-state index in [9.17, 15) is 18.4 Å². The van der Waals surface area contributed by atoms with E-state index < -0.39 is 17.6 Å². The van der Waals surface area contributed by atoms with Crippen molar-refractivity contribution in [2.24, 2.45) is 7.05 Å². The van der Waals surface area contributed by atoms with Gasteiger partial charge in [-0.05, 0) is 29.7 Å². The van der Waals surface area contributed by atoms with Crippen LogP contribution in [0.15, 0.2) is 30.6 Å². The summed E-state index contributed by atoms with van der Waals surface area (Å²) in [5.74, 6) is -3.26. The first kappa shape index (κ1) is 18.6. The highest BCUT2D eigenvalue weighted by Crippen LogP contribution is 2.13. The molecule has 0 saturated carbocycles. The summed E-state index contributed by atoms with van der Waals surface area (Å²) >= 11 is 0. The number of hydrogen-bond acceptors (Lipinski definition) is 3. The van der Waals surface area contributed by atoms with E-state index in [1.165, 1.54) is 11.0 Å². The molecule has 0 radical (unpaired) electrons. The number of carboxylic acids is 1. The lowest BCUT2D eigenvalue weighted by molar-refractivity contribution is -0.138. The molecule has 0 fully saturated rings. The third kappa shape index (κ3) is 5.66. The number of aryl methyl sites for hydroxylation is 2. The molecule has 0 spiro atoms. The van der Waals surface area contributed by atoms with Gasteiger partial charge < -0.3 is 10.0 Å². The van der Waals surface area contributed by atoms with E-state index in [2.05, 4.69) is 5.10 Å². The van der Waals surface area contributed by atoms with E-state index in [1.54, 1.807) is 24.1 Å². The summed E-state index contributed by atoms with van der Waals surface area (Å²) in [5.41, 5.74) is 1.29. The Hall–Kier alpha value is -2.77. The van der Waals surface area contributed by atoms with Gasteiger partial charge in [0.15, 0.2) is 11.6 Å². The Morgan fingerprint density at radius 3 is 2.56 bits per heavy atom. The fourth-order valence-corrected chi connectivity index (χ4v) is 2.39. The lowest BCUT2D eigenvalue weighted by atomic mass is 10.1. The van der Waals surface area contributed by atoms with E-state index in [0.717, 1.165) is 17.7 Å². The van der Waals surface area contributed by atoms with Crippen molar-refractivity contribution in [2.45, 2.75) is 25.8 Å². The van der Waals surface area contributed by atoms with Gasteiger partial charge in [0.05, 0.1) is 12.6 Å². The van der Waals surface area contributed by atoms with Gasteiger partial charge in [0.25, 0.3) is 0 Å². The van der Waals surface area contributed by atoms with Crippen LogP contribution >= 0.6 is 0 Å². The molecule has 0 bridgehead atoms. The summed E-state index contributed by atoms with van der Waals surface area (Å²) in [6.45, 7) is 0.0244. The van der Waals surface area contributed by atoms with Gasteiger partial charge in [0.1, 0.15) is 0 Å². The van der Waals surface area contributed by atoms with E-state index >= 15 is 0 Å². The zero-order valence-electron chi connectivity index (χ0n) is 13.8. The summed E-state index contributed by atoms with van der Waals surface area (Å²) in [4.78, 5) is 24.6. The summed E-state index contributed by atoms with van der Waals surface area (Å²) in [7, 11) is 1.77. The topological polar surface area (TPSA) is 75.4 Å². The van der Waals surface area contributed by atoms with Crippen LogP contribution in [0, 0.1) is 11.6 Å². The predicted octanol–water partition coefficient (Wildman–Crippen LogP) is 2.13. The predicted molar refractivity (Wildman–Crippen MR) is 85.6 cm³/mol. The second-order valence-electron chi connectivity index (χ2n) is 5.73. The Kier molecular flexibility index (Phi) is 6.21. The molecule has 8 heteroatoms. The summed E-state index contributed by atoms with van der Waals surface area (Å²) in [6.07, 6.45) is 3.87. The minimum absolute atomic E-state index is 0.000200. The van der Waals surface area contributed by atoms with Crippen LogP contribution < -0.4 is 0 Å². The quantitative estimate of drug-likeness (QED) is 0.791. The number of amides is 1. The van der Waals surface area contributed by atoms with Gasteiger partial charge in [0.2, 0.25) is 5.91 Å². The molecule has 1 amide bonds. The minimum atomic E-state index is -1.03. The van der Waals surface area contributed by atoms with E-state index in [0.29, 0.717) is 12.0 Å². The molecule has 0 aliphatic carbocycles. The van der Waals surface area contributed by atoms with Crippen molar-refractivity contribution in [3.05, 3.63) is 53.4 Å². The Morgan fingerprint density at radius 2 is 1.96 bits per heavy atom. The number of carbonyl (C=O) groups is 2. The third-order valence-corrected chi connectivity index (χ3v) is 3.69. The third-order valence-electron chi connectivity index (χ3n) is 3.69. The van der Waals surface area contributed by atoms with Crippen LogP contribution in [-0.2, 0) is 29.6 Å². The Labute approximate surface area is 143 Å². The van der Waals surface area contributed by atoms with Gasteiger partial charge in [-0.1, -0.05) is 6.07 Å². The van der Waals surface area contributed by atoms with Crippen molar-refractivity contribution in [1.29, 1.82) is 0 Å². The molecule has 0 saturated heterocycles. The highest BCUT2D eigenvalue weighted by molar-refractivity contribution is 5.77. The highest BCUT2D eigenvalue weighted by Gasteiger charge is 2.16. The fraction of sp³-hybridized carbons (Fsp3) is 0.353. The van der Waals surface area contributed by atoms with E-state index in [1.807, 2.05) is 0 Å². The minimum Gasteiger partial charge on any atom is -0.481 e. The van der Waals surface area contributed by atoms with Gasteiger partial charge >= 0.3 is 5.97 Å². The number of hydrogen-bond donors (Lipinski definition) is 1. The van der Waals surface area contributed by atoms with Gasteiger partial charge in [-0.2, -0.15) is 5.10 Å². The monoisotopic (exact) mass is 351 g/mol. The molecule has 0 unspecified atom stereocenters. The summed E-state index contributed by atoms with van der Waals surface area (Å²) < 4.78 is 28.0. The van der Waals surface area contributed by atoms with Crippen LogP contribution in [0.1, 0.15) is 24.0 Å². The molecule has 1 aromatic heterocycles. The molecule has 134 valence electrons. The van der Waals surface area contributed by atoms with Crippen LogP contribution in [0.25, 0.3) is 0 Å². The smallest absolute Gasteiger partial charge is 0.305 e. The molecule has 1 aromatic carbocycles. The molecule has 2 rings (SSSR count). The zero-order chi connectivity index (χ0) is 18.4. The van der Waals surface area contributed by atoms with Crippen LogP contribution in [0.3, 0.4) is 0 Å². The largest absolute Gasteiger partial charge is 0.481 e. The van der Waals surface area contributed by atoms with Crippen molar-refractivity contribution < 1.29 is 23.5 Å². The number of benzene rings is 1. The highest BCUT2D eigenvalue weighted by atomic mass is 19.2. The SMILES string of the molecule is Cn1cc(CCC(=O)N(CCC(=O)O)Cc2ccc(F)c(F)c2)cn1. The first-order valence-electron chi connectivity index (χ1n) is 7.76. The number of aliphatic carboxylic acids is 1. The van der Waals surface area contributed by atoms with Crippen LogP contribution in [0.4, 0.5) is 8.78 Å².